The molecule has 5 heteroatoms. The van der Waals surface area contributed by atoms with Gasteiger partial charge in [-0.15, -0.1) is 0 Å². The van der Waals surface area contributed by atoms with Crippen molar-refractivity contribution in [2.75, 3.05) is 21.3 Å². The monoisotopic (exact) mass is 328 g/mol. The van der Waals surface area contributed by atoms with Crippen LogP contribution in [0.2, 0.25) is 0 Å². The van der Waals surface area contributed by atoms with Crippen molar-refractivity contribution < 1.29 is 23.7 Å². The zero-order chi connectivity index (χ0) is 17.5. The number of aryl methyl sites for hydroxylation is 1. The molecule has 0 unspecified atom stereocenters. The third kappa shape index (κ3) is 4.07. The van der Waals surface area contributed by atoms with Crippen LogP contribution >= 0.6 is 0 Å². The van der Waals surface area contributed by atoms with Crippen LogP contribution in [0.4, 0.5) is 0 Å². The lowest BCUT2D eigenvalue weighted by molar-refractivity contribution is -0.129. The third-order valence-corrected chi connectivity index (χ3v) is 3.37. The fraction of sp³-hybridized carbons (Fsp3) is 0.211. The van der Waals surface area contributed by atoms with E-state index in [2.05, 4.69) is 0 Å². The second-order valence-electron chi connectivity index (χ2n) is 4.99. The number of benzene rings is 2. The first-order valence-corrected chi connectivity index (χ1v) is 7.34. The minimum Gasteiger partial charge on any atom is -0.496 e. The van der Waals surface area contributed by atoms with Crippen molar-refractivity contribution >= 4 is 12.0 Å². The van der Waals surface area contributed by atoms with Crippen LogP contribution in [0.5, 0.6) is 23.0 Å². The maximum atomic E-state index is 12.1. The molecule has 0 aliphatic heterocycles. The summed E-state index contributed by atoms with van der Waals surface area (Å²) in [6.45, 7) is 1.97. The Morgan fingerprint density at radius 1 is 0.917 bits per heavy atom. The molecule has 126 valence electrons. The molecule has 2 aromatic carbocycles. The van der Waals surface area contributed by atoms with E-state index in [1.807, 2.05) is 25.1 Å². The van der Waals surface area contributed by atoms with E-state index in [4.69, 9.17) is 18.9 Å². The van der Waals surface area contributed by atoms with Gasteiger partial charge in [-0.25, -0.2) is 4.79 Å². The van der Waals surface area contributed by atoms with Crippen molar-refractivity contribution in [3.05, 3.63) is 53.6 Å². The van der Waals surface area contributed by atoms with Crippen LogP contribution in [0, 0.1) is 6.92 Å². The lowest BCUT2D eigenvalue weighted by atomic mass is 10.1. The highest BCUT2D eigenvalue weighted by atomic mass is 16.6. The average molecular weight is 328 g/mol. The van der Waals surface area contributed by atoms with Crippen molar-refractivity contribution in [1.82, 2.24) is 0 Å². The van der Waals surface area contributed by atoms with Gasteiger partial charge in [-0.1, -0.05) is 17.7 Å². The number of rotatable bonds is 6. The highest BCUT2D eigenvalue weighted by Crippen LogP contribution is 2.36. The standard InChI is InChI=1S/C19H20O5/c1-13-8-10-15(21-2)14(12-13)9-11-18(20)24-19-16(22-3)6-5-7-17(19)23-4/h5-12H,1-4H3/b11-9+. The molecule has 0 aliphatic carbocycles. The Morgan fingerprint density at radius 3 is 2.12 bits per heavy atom. The predicted molar refractivity (Wildman–Crippen MR) is 91.9 cm³/mol. The van der Waals surface area contributed by atoms with Gasteiger partial charge in [0.25, 0.3) is 0 Å². The summed E-state index contributed by atoms with van der Waals surface area (Å²) < 4.78 is 21.1. The number of carbonyl (C=O) groups is 1. The fourth-order valence-electron chi connectivity index (χ4n) is 2.19. The molecule has 0 aromatic heterocycles. The summed E-state index contributed by atoms with van der Waals surface area (Å²) in [5, 5.41) is 0. The van der Waals surface area contributed by atoms with E-state index in [-0.39, 0.29) is 5.75 Å². The summed E-state index contributed by atoms with van der Waals surface area (Å²) in [6.07, 6.45) is 2.99. The van der Waals surface area contributed by atoms with Gasteiger partial charge in [-0.05, 0) is 37.3 Å². The lowest BCUT2D eigenvalue weighted by Crippen LogP contribution is -2.06. The van der Waals surface area contributed by atoms with Crippen molar-refractivity contribution in [3.8, 4) is 23.0 Å². The molecule has 0 amide bonds. The molecule has 0 saturated carbocycles. The second-order valence-corrected chi connectivity index (χ2v) is 4.99. The molecule has 0 saturated heterocycles. The number of carbonyl (C=O) groups excluding carboxylic acids is 1. The van der Waals surface area contributed by atoms with Crippen LogP contribution < -0.4 is 18.9 Å². The topological polar surface area (TPSA) is 54.0 Å². The molecule has 0 heterocycles. The molecule has 0 aliphatic rings. The van der Waals surface area contributed by atoms with Gasteiger partial charge in [0.1, 0.15) is 5.75 Å². The maximum Gasteiger partial charge on any atom is 0.336 e. The van der Waals surface area contributed by atoms with Crippen molar-refractivity contribution in [3.63, 3.8) is 0 Å². The fourth-order valence-corrected chi connectivity index (χ4v) is 2.19. The Hall–Kier alpha value is -2.95. The summed E-state index contributed by atoms with van der Waals surface area (Å²) >= 11 is 0. The molecule has 0 bridgehead atoms. The van der Waals surface area contributed by atoms with E-state index in [0.717, 1.165) is 11.1 Å². The first-order chi connectivity index (χ1) is 11.6. The van der Waals surface area contributed by atoms with E-state index < -0.39 is 5.97 Å². The number of ether oxygens (including phenoxy) is 4. The van der Waals surface area contributed by atoms with Gasteiger partial charge in [-0.3, -0.25) is 0 Å². The Bertz CT molecular complexity index is 727. The van der Waals surface area contributed by atoms with Crippen LogP contribution in [-0.4, -0.2) is 27.3 Å². The van der Waals surface area contributed by atoms with Crippen LogP contribution in [0.15, 0.2) is 42.5 Å². The highest BCUT2D eigenvalue weighted by Gasteiger charge is 2.14. The summed E-state index contributed by atoms with van der Waals surface area (Å²) in [4.78, 5) is 12.1. The Morgan fingerprint density at radius 2 is 1.54 bits per heavy atom. The van der Waals surface area contributed by atoms with Gasteiger partial charge >= 0.3 is 5.97 Å². The highest BCUT2D eigenvalue weighted by molar-refractivity contribution is 5.90. The largest absolute Gasteiger partial charge is 0.496 e. The van der Waals surface area contributed by atoms with Gasteiger partial charge in [0.15, 0.2) is 11.5 Å². The lowest BCUT2D eigenvalue weighted by Gasteiger charge is -2.11. The zero-order valence-corrected chi connectivity index (χ0v) is 14.2. The van der Waals surface area contributed by atoms with Gasteiger partial charge in [0, 0.05) is 11.6 Å². The van der Waals surface area contributed by atoms with Crippen molar-refractivity contribution in [1.29, 1.82) is 0 Å². The molecule has 0 radical (unpaired) electrons. The van der Waals surface area contributed by atoms with E-state index in [0.29, 0.717) is 17.2 Å². The van der Waals surface area contributed by atoms with Crippen LogP contribution in [0.1, 0.15) is 11.1 Å². The van der Waals surface area contributed by atoms with E-state index in [1.165, 1.54) is 20.3 Å². The number of hydrogen-bond acceptors (Lipinski definition) is 5. The number of para-hydroxylation sites is 1. The Kier molecular flexibility index (Phi) is 5.84. The SMILES string of the molecule is COc1ccc(C)cc1/C=C/C(=O)Oc1c(OC)cccc1OC. The number of esters is 1. The minimum atomic E-state index is -0.540. The summed E-state index contributed by atoms with van der Waals surface area (Å²) in [5.41, 5.74) is 1.86. The van der Waals surface area contributed by atoms with E-state index in [1.54, 1.807) is 31.4 Å². The quantitative estimate of drug-likeness (QED) is 0.460. The molecule has 0 spiro atoms. The summed E-state index contributed by atoms with van der Waals surface area (Å²) in [7, 11) is 4.58. The number of methoxy groups -OCH3 is 3. The number of hydrogen-bond donors (Lipinski definition) is 0. The first-order valence-electron chi connectivity index (χ1n) is 7.34. The summed E-state index contributed by atoms with van der Waals surface area (Å²) in [6, 6.07) is 10.9. The molecule has 2 aromatic rings. The van der Waals surface area contributed by atoms with Gasteiger partial charge in [0.2, 0.25) is 5.75 Å². The van der Waals surface area contributed by atoms with Gasteiger partial charge in [-0.2, -0.15) is 0 Å². The molecule has 0 atom stereocenters. The molecular formula is C19H20O5. The van der Waals surface area contributed by atoms with Crippen LogP contribution in [-0.2, 0) is 4.79 Å². The van der Waals surface area contributed by atoms with Gasteiger partial charge in [0.05, 0.1) is 21.3 Å². The predicted octanol–water partition coefficient (Wildman–Crippen LogP) is 3.64. The molecule has 0 fully saturated rings. The Balaban J connectivity index is 2.21. The third-order valence-electron chi connectivity index (χ3n) is 3.37. The molecule has 24 heavy (non-hydrogen) atoms. The van der Waals surface area contributed by atoms with E-state index >= 15 is 0 Å². The minimum absolute atomic E-state index is 0.244. The maximum absolute atomic E-state index is 12.1. The first kappa shape index (κ1) is 17.4. The van der Waals surface area contributed by atoms with E-state index in [9.17, 15) is 4.79 Å². The zero-order valence-electron chi connectivity index (χ0n) is 14.2. The van der Waals surface area contributed by atoms with Crippen molar-refractivity contribution in [2.24, 2.45) is 0 Å². The normalized spacial score (nSPS) is 10.5. The second kappa shape index (κ2) is 8.06. The van der Waals surface area contributed by atoms with Crippen molar-refractivity contribution in [2.45, 2.75) is 6.92 Å². The summed E-state index contributed by atoms with van der Waals surface area (Å²) in [5.74, 6) is 1.22. The van der Waals surface area contributed by atoms with Gasteiger partial charge < -0.3 is 18.9 Å². The average Bonchev–Trinajstić information content (AvgIpc) is 2.60. The molecular weight excluding hydrogens is 308 g/mol. The molecule has 2 rings (SSSR count). The van der Waals surface area contributed by atoms with Crippen LogP contribution in [0.3, 0.4) is 0 Å². The molecule has 5 nitrogen and oxygen atoms in total. The Labute approximate surface area is 141 Å². The molecule has 0 N–H and O–H groups in total. The van der Waals surface area contributed by atoms with Crippen LogP contribution in [0.25, 0.3) is 6.08 Å². The smallest absolute Gasteiger partial charge is 0.336 e.